The third kappa shape index (κ3) is 6.17. The van der Waals surface area contributed by atoms with Gasteiger partial charge >= 0.3 is 0 Å². The summed E-state index contributed by atoms with van der Waals surface area (Å²) in [6.45, 7) is 9.92. The van der Waals surface area contributed by atoms with Gasteiger partial charge in [0.1, 0.15) is 5.75 Å². The molecule has 4 heteroatoms. The Labute approximate surface area is 127 Å². The highest BCUT2D eigenvalue weighted by Crippen LogP contribution is 2.21. The molecule has 1 amide bonds. The van der Waals surface area contributed by atoms with E-state index in [0.717, 1.165) is 23.3 Å². The average Bonchev–Trinajstić information content (AvgIpc) is 2.47. The van der Waals surface area contributed by atoms with E-state index >= 15 is 0 Å². The standard InChI is InChI=1S/C17H27NO3/c1-5-15(17(19)18-10-7-11-20-6-2)21-16-12-13(3)8-9-14(16)4/h8-9,12,15H,5-7,10-11H2,1-4H3,(H,18,19)/t15-/m0/s1. The minimum Gasteiger partial charge on any atom is -0.480 e. The lowest BCUT2D eigenvalue weighted by Gasteiger charge is -2.19. The molecule has 1 aromatic rings. The molecule has 0 aliphatic heterocycles. The van der Waals surface area contributed by atoms with Gasteiger partial charge in [0.25, 0.3) is 5.91 Å². The van der Waals surface area contributed by atoms with Crippen LogP contribution in [0.25, 0.3) is 0 Å². The van der Waals surface area contributed by atoms with Gasteiger partial charge in [0.2, 0.25) is 0 Å². The number of aryl methyl sites for hydroxylation is 2. The zero-order valence-corrected chi connectivity index (χ0v) is 13.6. The summed E-state index contributed by atoms with van der Waals surface area (Å²) >= 11 is 0. The van der Waals surface area contributed by atoms with Crippen molar-refractivity contribution in [2.45, 2.75) is 46.6 Å². The Morgan fingerprint density at radius 1 is 1.29 bits per heavy atom. The van der Waals surface area contributed by atoms with Crippen molar-refractivity contribution in [3.05, 3.63) is 29.3 Å². The van der Waals surface area contributed by atoms with Crippen LogP contribution >= 0.6 is 0 Å². The first-order chi connectivity index (χ1) is 10.1. The van der Waals surface area contributed by atoms with Crippen LogP contribution in [0.5, 0.6) is 5.75 Å². The smallest absolute Gasteiger partial charge is 0.261 e. The fraction of sp³-hybridized carbons (Fsp3) is 0.588. The van der Waals surface area contributed by atoms with E-state index in [0.29, 0.717) is 26.2 Å². The number of amides is 1. The lowest BCUT2D eigenvalue weighted by atomic mass is 10.1. The van der Waals surface area contributed by atoms with Gasteiger partial charge in [-0.3, -0.25) is 4.79 Å². The molecule has 1 rings (SSSR count). The Kier molecular flexibility index (Phi) is 7.83. The summed E-state index contributed by atoms with van der Waals surface area (Å²) < 4.78 is 11.1. The molecule has 0 saturated carbocycles. The summed E-state index contributed by atoms with van der Waals surface area (Å²) in [6.07, 6.45) is 1.02. The fourth-order valence-corrected chi connectivity index (χ4v) is 1.95. The van der Waals surface area contributed by atoms with Gasteiger partial charge in [-0.25, -0.2) is 0 Å². The van der Waals surface area contributed by atoms with E-state index in [4.69, 9.17) is 9.47 Å². The summed E-state index contributed by atoms with van der Waals surface area (Å²) in [5, 5.41) is 2.90. The lowest BCUT2D eigenvalue weighted by Crippen LogP contribution is -2.38. The third-order valence-electron chi connectivity index (χ3n) is 3.24. The predicted molar refractivity (Wildman–Crippen MR) is 84.7 cm³/mol. The van der Waals surface area contributed by atoms with Gasteiger partial charge in [-0.2, -0.15) is 0 Å². The van der Waals surface area contributed by atoms with Crippen LogP contribution in [0, 0.1) is 13.8 Å². The van der Waals surface area contributed by atoms with Crippen molar-refractivity contribution >= 4 is 5.91 Å². The molecule has 0 radical (unpaired) electrons. The predicted octanol–water partition coefficient (Wildman–Crippen LogP) is 3.00. The maximum Gasteiger partial charge on any atom is 0.261 e. The molecule has 0 spiro atoms. The van der Waals surface area contributed by atoms with Gasteiger partial charge in [0.15, 0.2) is 6.10 Å². The number of rotatable bonds is 9. The van der Waals surface area contributed by atoms with Crippen LogP contribution in [-0.2, 0) is 9.53 Å². The second-order valence-electron chi connectivity index (χ2n) is 5.13. The van der Waals surface area contributed by atoms with Crippen molar-refractivity contribution in [3.8, 4) is 5.75 Å². The molecule has 0 heterocycles. The van der Waals surface area contributed by atoms with E-state index in [1.165, 1.54) is 0 Å². The van der Waals surface area contributed by atoms with Gasteiger partial charge in [0.05, 0.1) is 0 Å². The van der Waals surface area contributed by atoms with Crippen LogP contribution in [-0.4, -0.2) is 31.8 Å². The van der Waals surface area contributed by atoms with Crippen LogP contribution in [0.4, 0.5) is 0 Å². The van der Waals surface area contributed by atoms with E-state index in [2.05, 4.69) is 5.32 Å². The Hall–Kier alpha value is -1.55. The summed E-state index contributed by atoms with van der Waals surface area (Å²) in [5.74, 6) is 0.723. The number of hydrogen-bond donors (Lipinski definition) is 1. The minimum absolute atomic E-state index is 0.0603. The van der Waals surface area contributed by atoms with Gasteiger partial charge in [-0.1, -0.05) is 19.1 Å². The maximum absolute atomic E-state index is 12.1. The fourth-order valence-electron chi connectivity index (χ4n) is 1.95. The molecule has 0 aromatic heterocycles. The molecule has 4 nitrogen and oxygen atoms in total. The van der Waals surface area contributed by atoms with E-state index in [1.54, 1.807) is 0 Å². The van der Waals surface area contributed by atoms with Crippen LogP contribution in [0.2, 0.25) is 0 Å². The van der Waals surface area contributed by atoms with Crippen molar-refractivity contribution in [3.63, 3.8) is 0 Å². The van der Waals surface area contributed by atoms with Gasteiger partial charge in [-0.05, 0) is 50.8 Å². The van der Waals surface area contributed by atoms with Crippen molar-refractivity contribution in [2.75, 3.05) is 19.8 Å². The Morgan fingerprint density at radius 2 is 2.05 bits per heavy atom. The highest BCUT2D eigenvalue weighted by molar-refractivity contribution is 5.81. The van der Waals surface area contributed by atoms with Crippen molar-refractivity contribution < 1.29 is 14.3 Å². The number of benzene rings is 1. The van der Waals surface area contributed by atoms with Gasteiger partial charge in [0, 0.05) is 19.8 Å². The largest absolute Gasteiger partial charge is 0.480 e. The summed E-state index contributed by atoms with van der Waals surface area (Å²) in [6, 6.07) is 6.02. The van der Waals surface area contributed by atoms with Crippen LogP contribution in [0.1, 0.15) is 37.8 Å². The molecule has 1 atom stereocenters. The van der Waals surface area contributed by atoms with Gasteiger partial charge in [-0.15, -0.1) is 0 Å². The Bertz CT molecular complexity index is 446. The first-order valence-corrected chi connectivity index (χ1v) is 7.67. The van der Waals surface area contributed by atoms with E-state index in [1.807, 2.05) is 45.9 Å². The maximum atomic E-state index is 12.1. The Balaban J connectivity index is 2.50. The van der Waals surface area contributed by atoms with Crippen molar-refractivity contribution in [1.29, 1.82) is 0 Å². The molecule has 0 saturated heterocycles. The lowest BCUT2D eigenvalue weighted by molar-refractivity contribution is -0.128. The van der Waals surface area contributed by atoms with Crippen molar-refractivity contribution in [1.82, 2.24) is 5.32 Å². The highest BCUT2D eigenvalue weighted by atomic mass is 16.5. The zero-order chi connectivity index (χ0) is 15.7. The molecular formula is C17H27NO3. The summed E-state index contributed by atoms with van der Waals surface area (Å²) in [4.78, 5) is 12.1. The zero-order valence-electron chi connectivity index (χ0n) is 13.6. The first-order valence-electron chi connectivity index (χ1n) is 7.67. The quantitative estimate of drug-likeness (QED) is 0.712. The number of carbonyl (C=O) groups is 1. The van der Waals surface area contributed by atoms with E-state index < -0.39 is 6.10 Å². The van der Waals surface area contributed by atoms with E-state index in [-0.39, 0.29) is 5.91 Å². The number of carbonyl (C=O) groups excluding carboxylic acids is 1. The number of nitrogens with one attached hydrogen (secondary N) is 1. The second kappa shape index (κ2) is 9.40. The van der Waals surface area contributed by atoms with Gasteiger partial charge < -0.3 is 14.8 Å². The molecule has 0 fully saturated rings. The van der Waals surface area contributed by atoms with Crippen LogP contribution in [0.3, 0.4) is 0 Å². The number of hydrogen-bond acceptors (Lipinski definition) is 3. The Morgan fingerprint density at radius 3 is 2.71 bits per heavy atom. The normalized spacial score (nSPS) is 12.0. The molecule has 0 bridgehead atoms. The minimum atomic E-state index is -0.447. The molecule has 1 N–H and O–H groups in total. The molecule has 0 aliphatic rings. The van der Waals surface area contributed by atoms with E-state index in [9.17, 15) is 4.79 Å². The topological polar surface area (TPSA) is 47.6 Å². The SMILES string of the molecule is CCOCCCNC(=O)[C@H](CC)Oc1cc(C)ccc1C. The average molecular weight is 293 g/mol. The summed E-state index contributed by atoms with van der Waals surface area (Å²) in [7, 11) is 0. The molecule has 21 heavy (non-hydrogen) atoms. The molecular weight excluding hydrogens is 266 g/mol. The molecule has 0 aliphatic carbocycles. The van der Waals surface area contributed by atoms with Crippen LogP contribution in [0.15, 0.2) is 18.2 Å². The molecule has 0 unspecified atom stereocenters. The number of ether oxygens (including phenoxy) is 2. The molecule has 1 aromatic carbocycles. The van der Waals surface area contributed by atoms with Crippen molar-refractivity contribution in [2.24, 2.45) is 0 Å². The second-order valence-corrected chi connectivity index (χ2v) is 5.13. The third-order valence-corrected chi connectivity index (χ3v) is 3.24. The first kappa shape index (κ1) is 17.5. The highest BCUT2D eigenvalue weighted by Gasteiger charge is 2.18. The molecule has 118 valence electrons. The monoisotopic (exact) mass is 293 g/mol. The van der Waals surface area contributed by atoms with Crippen LogP contribution < -0.4 is 10.1 Å². The summed E-state index contributed by atoms with van der Waals surface area (Å²) in [5.41, 5.74) is 2.17.